The standard InChI is InChI=1S/C22H20ClN3O2S/c23-19-11-5-4-9-17(19)14-26-21(28)18-10-6-12-24-22(18)29-15-20(27)25-13-16-7-2-1-3-8-16/h1-12H,13-15H2,(H,25,27)(H,26,28). The van der Waals surface area contributed by atoms with E-state index in [-0.39, 0.29) is 17.6 Å². The van der Waals surface area contributed by atoms with Crippen molar-refractivity contribution in [2.75, 3.05) is 5.75 Å². The number of thioether (sulfide) groups is 1. The Balaban J connectivity index is 1.54. The van der Waals surface area contributed by atoms with E-state index in [2.05, 4.69) is 15.6 Å². The Kier molecular flexibility index (Phi) is 7.67. The molecular formula is C22H20ClN3O2S. The number of hydrogen-bond donors (Lipinski definition) is 2. The zero-order chi connectivity index (χ0) is 20.5. The van der Waals surface area contributed by atoms with Crippen LogP contribution in [0.4, 0.5) is 0 Å². The molecule has 29 heavy (non-hydrogen) atoms. The second-order valence-corrected chi connectivity index (χ2v) is 7.55. The van der Waals surface area contributed by atoms with E-state index < -0.39 is 0 Å². The monoisotopic (exact) mass is 425 g/mol. The molecule has 0 spiro atoms. The normalized spacial score (nSPS) is 10.4. The summed E-state index contributed by atoms with van der Waals surface area (Å²) in [5.41, 5.74) is 2.30. The smallest absolute Gasteiger partial charge is 0.254 e. The maximum Gasteiger partial charge on any atom is 0.254 e. The summed E-state index contributed by atoms with van der Waals surface area (Å²) in [5, 5.41) is 6.84. The molecule has 0 aliphatic carbocycles. The van der Waals surface area contributed by atoms with Crippen LogP contribution in [0.3, 0.4) is 0 Å². The summed E-state index contributed by atoms with van der Waals surface area (Å²) in [6.45, 7) is 0.780. The Morgan fingerprint density at radius 3 is 2.45 bits per heavy atom. The lowest BCUT2D eigenvalue weighted by molar-refractivity contribution is -0.118. The van der Waals surface area contributed by atoms with Crippen molar-refractivity contribution in [3.8, 4) is 0 Å². The van der Waals surface area contributed by atoms with Crippen LogP contribution in [0.25, 0.3) is 0 Å². The molecule has 2 N–H and O–H groups in total. The van der Waals surface area contributed by atoms with E-state index in [4.69, 9.17) is 11.6 Å². The maximum atomic E-state index is 12.6. The summed E-state index contributed by atoms with van der Waals surface area (Å²) in [6, 6.07) is 20.4. The van der Waals surface area contributed by atoms with Crippen LogP contribution in [0, 0.1) is 0 Å². The lowest BCUT2D eigenvalue weighted by Gasteiger charge is -2.10. The van der Waals surface area contributed by atoms with Crippen molar-refractivity contribution in [3.05, 3.63) is 94.6 Å². The number of halogens is 1. The fourth-order valence-electron chi connectivity index (χ4n) is 2.57. The van der Waals surface area contributed by atoms with Gasteiger partial charge in [0.15, 0.2) is 0 Å². The first-order valence-electron chi connectivity index (χ1n) is 9.03. The quantitative estimate of drug-likeness (QED) is 0.533. The van der Waals surface area contributed by atoms with Crippen LogP contribution in [0.1, 0.15) is 21.5 Å². The van der Waals surface area contributed by atoms with Crippen LogP contribution in [0.5, 0.6) is 0 Å². The molecular weight excluding hydrogens is 406 g/mol. The molecule has 0 saturated carbocycles. The second kappa shape index (κ2) is 10.6. The van der Waals surface area contributed by atoms with Gasteiger partial charge in [0.2, 0.25) is 5.91 Å². The highest BCUT2D eigenvalue weighted by atomic mass is 35.5. The fraction of sp³-hybridized carbons (Fsp3) is 0.136. The van der Waals surface area contributed by atoms with Crippen molar-refractivity contribution in [3.63, 3.8) is 0 Å². The van der Waals surface area contributed by atoms with Gasteiger partial charge >= 0.3 is 0 Å². The molecule has 7 heteroatoms. The van der Waals surface area contributed by atoms with Crippen molar-refractivity contribution in [1.29, 1.82) is 0 Å². The van der Waals surface area contributed by atoms with Crippen molar-refractivity contribution in [2.45, 2.75) is 18.1 Å². The number of nitrogens with one attached hydrogen (secondary N) is 2. The van der Waals surface area contributed by atoms with E-state index in [1.54, 1.807) is 24.4 Å². The van der Waals surface area contributed by atoms with Gasteiger partial charge in [-0.1, -0.05) is 71.9 Å². The molecule has 148 valence electrons. The van der Waals surface area contributed by atoms with Crippen LogP contribution in [0.15, 0.2) is 78.0 Å². The Morgan fingerprint density at radius 1 is 0.897 bits per heavy atom. The molecule has 0 atom stereocenters. The van der Waals surface area contributed by atoms with Crippen molar-refractivity contribution in [2.24, 2.45) is 0 Å². The predicted molar refractivity (Wildman–Crippen MR) is 116 cm³/mol. The molecule has 0 fully saturated rings. The molecule has 0 aliphatic rings. The molecule has 5 nitrogen and oxygen atoms in total. The van der Waals surface area contributed by atoms with Crippen LogP contribution in [0.2, 0.25) is 5.02 Å². The largest absolute Gasteiger partial charge is 0.351 e. The highest BCUT2D eigenvalue weighted by Gasteiger charge is 2.14. The minimum absolute atomic E-state index is 0.119. The Morgan fingerprint density at radius 2 is 1.66 bits per heavy atom. The van der Waals surface area contributed by atoms with Gasteiger partial charge in [0, 0.05) is 24.3 Å². The molecule has 0 aliphatic heterocycles. The highest BCUT2D eigenvalue weighted by molar-refractivity contribution is 8.00. The molecule has 0 radical (unpaired) electrons. The van der Waals surface area contributed by atoms with Gasteiger partial charge in [-0.05, 0) is 29.3 Å². The predicted octanol–water partition coefficient (Wildman–Crippen LogP) is 4.07. The third-order valence-corrected chi connectivity index (χ3v) is 5.46. The molecule has 3 aromatic rings. The summed E-state index contributed by atoms with van der Waals surface area (Å²) in [7, 11) is 0. The van der Waals surface area contributed by atoms with Gasteiger partial charge in [-0.25, -0.2) is 4.98 Å². The average Bonchev–Trinajstić information content (AvgIpc) is 2.76. The average molecular weight is 426 g/mol. The van der Waals surface area contributed by atoms with Crippen LogP contribution >= 0.6 is 23.4 Å². The van der Waals surface area contributed by atoms with Gasteiger partial charge in [0.05, 0.1) is 11.3 Å². The van der Waals surface area contributed by atoms with Gasteiger partial charge < -0.3 is 10.6 Å². The van der Waals surface area contributed by atoms with Gasteiger partial charge in [-0.15, -0.1) is 0 Å². The van der Waals surface area contributed by atoms with E-state index in [1.807, 2.05) is 48.5 Å². The minimum atomic E-state index is -0.259. The zero-order valence-electron chi connectivity index (χ0n) is 15.6. The van der Waals surface area contributed by atoms with Crippen LogP contribution < -0.4 is 10.6 Å². The number of nitrogens with zero attached hydrogens (tertiary/aromatic N) is 1. The third kappa shape index (κ3) is 6.34. The number of rotatable bonds is 8. The molecule has 1 aromatic heterocycles. The Bertz CT molecular complexity index is 983. The number of benzene rings is 2. The van der Waals surface area contributed by atoms with Crippen LogP contribution in [-0.2, 0) is 17.9 Å². The van der Waals surface area contributed by atoms with Gasteiger partial charge in [-0.3, -0.25) is 9.59 Å². The van der Waals surface area contributed by atoms with E-state index in [0.29, 0.717) is 28.7 Å². The fourth-order valence-corrected chi connectivity index (χ4v) is 3.60. The number of carbonyl (C=O) groups is 2. The lowest BCUT2D eigenvalue weighted by atomic mass is 10.2. The van der Waals surface area contributed by atoms with Gasteiger partial charge in [-0.2, -0.15) is 0 Å². The number of aromatic nitrogens is 1. The second-order valence-electron chi connectivity index (χ2n) is 6.18. The van der Waals surface area contributed by atoms with Crippen molar-refractivity contribution < 1.29 is 9.59 Å². The molecule has 3 rings (SSSR count). The first-order chi connectivity index (χ1) is 14.1. The minimum Gasteiger partial charge on any atom is -0.351 e. The third-order valence-electron chi connectivity index (χ3n) is 4.09. The number of hydrogen-bond acceptors (Lipinski definition) is 4. The zero-order valence-corrected chi connectivity index (χ0v) is 17.2. The van der Waals surface area contributed by atoms with E-state index in [9.17, 15) is 9.59 Å². The number of pyridine rings is 1. The first kappa shape index (κ1) is 20.9. The molecule has 1 heterocycles. The Hall–Kier alpha value is -2.83. The molecule has 0 bridgehead atoms. The van der Waals surface area contributed by atoms with E-state index >= 15 is 0 Å². The molecule has 2 amide bonds. The van der Waals surface area contributed by atoms with Gasteiger partial charge in [0.25, 0.3) is 5.91 Å². The molecule has 2 aromatic carbocycles. The number of carbonyl (C=O) groups excluding carboxylic acids is 2. The SMILES string of the molecule is O=C(CSc1ncccc1C(=O)NCc1ccccc1Cl)NCc1ccccc1. The van der Waals surface area contributed by atoms with E-state index in [1.165, 1.54) is 11.8 Å². The molecule has 0 saturated heterocycles. The lowest BCUT2D eigenvalue weighted by Crippen LogP contribution is -2.25. The van der Waals surface area contributed by atoms with E-state index in [0.717, 1.165) is 11.1 Å². The summed E-state index contributed by atoms with van der Waals surface area (Å²) >= 11 is 7.36. The summed E-state index contributed by atoms with van der Waals surface area (Å²) in [4.78, 5) is 29.0. The van der Waals surface area contributed by atoms with Crippen molar-refractivity contribution in [1.82, 2.24) is 15.6 Å². The summed E-state index contributed by atoms with van der Waals surface area (Å²) < 4.78 is 0. The highest BCUT2D eigenvalue weighted by Crippen LogP contribution is 2.20. The first-order valence-corrected chi connectivity index (χ1v) is 10.4. The number of amides is 2. The van der Waals surface area contributed by atoms with Crippen molar-refractivity contribution >= 4 is 35.2 Å². The maximum absolute atomic E-state index is 12.6. The topological polar surface area (TPSA) is 71.1 Å². The van der Waals surface area contributed by atoms with Crippen LogP contribution in [-0.4, -0.2) is 22.6 Å². The summed E-state index contributed by atoms with van der Waals surface area (Å²) in [6.07, 6.45) is 1.61. The molecule has 0 unspecified atom stereocenters. The Labute approximate surface area is 178 Å². The summed E-state index contributed by atoms with van der Waals surface area (Å²) in [5.74, 6) is -0.202. The van der Waals surface area contributed by atoms with Gasteiger partial charge in [0.1, 0.15) is 5.03 Å².